The average Bonchev–Trinajstić information content (AvgIpc) is 2.33. The number of amides is 1. The lowest BCUT2D eigenvalue weighted by Crippen LogP contribution is -2.29. The number of nitrogens with one attached hydrogen (secondary N) is 2. The third-order valence-corrected chi connectivity index (χ3v) is 2.61. The van der Waals surface area contributed by atoms with Crippen molar-refractivity contribution in [1.29, 1.82) is 0 Å². The molecule has 1 aromatic rings. The van der Waals surface area contributed by atoms with Crippen LogP contribution in [0.3, 0.4) is 0 Å². The van der Waals surface area contributed by atoms with E-state index in [1.165, 1.54) is 12.3 Å². The summed E-state index contributed by atoms with van der Waals surface area (Å²) >= 11 is 0. The van der Waals surface area contributed by atoms with Crippen LogP contribution in [0.25, 0.3) is 0 Å². The molecule has 0 radical (unpaired) electrons. The molecular formula is C13H20N2O3. The minimum atomic E-state index is -0.317. The predicted octanol–water partition coefficient (Wildman–Crippen LogP) is 1.23. The first kappa shape index (κ1) is 14.4. The van der Waals surface area contributed by atoms with Crippen LogP contribution in [0.1, 0.15) is 35.3 Å². The SMILES string of the molecule is COCCCCCNC(=O)c1c[nH]c(C)cc1=O. The number of carbonyl (C=O) groups is 1. The van der Waals surface area contributed by atoms with E-state index in [0.29, 0.717) is 6.54 Å². The largest absolute Gasteiger partial charge is 0.385 e. The standard InChI is InChI=1S/C13H20N2O3/c1-10-8-12(16)11(9-15-10)13(17)14-6-4-3-5-7-18-2/h8-9H,3-7H2,1-2H3,(H,14,17)(H,15,16). The van der Waals surface area contributed by atoms with Gasteiger partial charge in [-0.1, -0.05) is 0 Å². The molecule has 0 fully saturated rings. The van der Waals surface area contributed by atoms with E-state index >= 15 is 0 Å². The van der Waals surface area contributed by atoms with Crippen molar-refractivity contribution >= 4 is 5.91 Å². The molecule has 0 aliphatic carbocycles. The predicted molar refractivity (Wildman–Crippen MR) is 69.9 cm³/mol. The molecule has 1 aromatic heterocycles. The van der Waals surface area contributed by atoms with E-state index in [2.05, 4.69) is 10.3 Å². The minimum Gasteiger partial charge on any atom is -0.385 e. The summed E-state index contributed by atoms with van der Waals surface area (Å²) in [7, 11) is 1.67. The number of ether oxygens (including phenoxy) is 1. The highest BCUT2D eigenvalue weighted by Gasteiger charge is 2.08. The summed E-state index contributed by atoms with van der Waals surface area (Å²) in [4.78, 5) is 26.1. The molecule has 0 spiro atoms. The fourth-order valence-electron chi connectivity index (χ4n) is 1.60. The number of rotatable bonds is 7. The molecule has 1 heterocycles. The smallest absolute Gasteiger partial charge is 0.256 e. The van der Waals surface area contributed by atoms with Gasteiger partial charge in [-0.2, -0.15) is 0 Å². The Morgan fingerprint density at radius 2 is 2.17 bits per heavy atom. The van der Waals surface area contributed by atoms with E-state index in [4.69, 9.17) is 4.74 Å². The summed E-state index contributed by atoms with van der Waals surface area (Å²) in [5.41, 5.74) is 0.664. The second-order valence-electron chi connectivity index (χ2n) is 4.20. The first-order chi connectivity index (χ1) is 8.65. The molecule has 100 valence electrons. The van der Waals surface area contributed by atoms with Gasteiger partial charge in [0.05, 0.1) is 0 Å². The van der Waals surface area contributed by atoms with Gasteiger partial charge in [-0.05, 0) is 26.2 Å². The third kappa shape index (κ3) is 4.71. The van der Waals surface area contributed by atoms with Crippen LogP contribution in [0.2, 0.25) is 0 Å². The van der Waals surface area contributed by atoms with Gasteiger partial charge in [0, 0.05) is 38.2 Å². The Kier molecular flexibility index (Phi) is 6.14. The van der Waals surface area contributed by atoms with Crippen molar-refractivity contribution in [3.8, 4) is 0 Å². The van der Waals surface area contributed by atoms with Gasteiger partial charge in [0.25, 0.3) is 5.91 Å². The lowest BCUT2D eigenvalue weighted by molar-refractivity contribution is 0.0951. The zero-order valence-electron chi connectivity index (χ0n) is 10.9. The second-order valence-corrected chi connectivity index (χ2v) is 4.20. The van der Waals surface area contributed by atoms with Gasteiger partial charge < -0.3 is 15.0 Å². The maximum atomic E-state index is 11.7. The van der Waals surface area contributed by atoms with Crippen molar-refractivity contribution in [1.82, 2.24) is 10.3 Å². The first-order valence-electron chi connectivity index (χ1n) is 6.11. The molecule has 5 heteroatoms. The van der Waals surface area contributed by atoms with Gasteiger partial charge in [-0.25, -0.2) is 0 Å². The topological polar surface area (TPSA) is 71.2 Å². The van der Waals surface area contributed by atoms with Crippen molar-refractivity contribution in [2.45, 2.75) is 26.2 Å². The zero-order valence-corrected chi connectivity index (χ0v) is 10.9. The number of unbranched alkanes of at least 4 members (excludes halogenated alkanes) is 2. The van der Waals surface area contributed by atoms with E-state index in [1.807, 2.05) is 0 Å². The van der Waals surface area contributed by atoms with E-state index in [1.54, 1.807) is 14.0 Å². The highest BCUT2D eigenvalue weighted by molar-refractivity contribution is 5.93. The highest BCUT2D eigenvalue weighted by Crippen LogP contribution is 1.96. The Hall–Kier alpha value is -1.62. The van der Waals surface area contributed by atoms with Gasteiger partial charge in [-0.3, -0.25) is 9.59 Å². The molecule has 0 aromatic carbocycles. The molecule has 2 N–H and O–H groups in total. The second kappa shape index (κ2) is 7.66. The number of pyridine rings is 1. The van der Waals surface area contributed by atoms with Gasteiger partial charge in [0.1, 0.15) is 5.56 Å². The van der Waals surface area contributed by atoms with Crippen LogP contribution in [-0.4, -0.2) is 31.2 Å². The third-order valence-electron chi connectivity index (χ3n) is 2.61. The summed E-state index contributed by atoms with van der Waals surface area (Å²) < 4.78 is 4.93. The zero-order chi connectivity index (χ0) is 13.4. The van der Waals surface area contributed by atoms with E-state index < -0.39 is 0 Å². The Balaban J connectivity index is 2.34. The Labute approximate surface area is 107 Å². The first-order valence-corrected chi connectivity index (χ1v) is 6.11. The molecule has 0 atom stereocenters. The molecule has 18 heavy (non-hydrogen) atoms. The van der Waals surface area contributed by atoms with Crippen LogP contribution < -0.4 is 10.7 Å². The Morgan fingerprint density at radius 3 is 2.83 bits per heavy atom. The number of methoxy groups -OCH3 is 1. The fraction of sp³-hybridized carbons (Fsp3) is 0.538. The Morgan fingerprint density at radius 1 is 1.39 bits per heavy atom. The molecular weight excluding hydrogens is 232 g/mol. The molecule has 5 nitrogen and oxygen atoms in total. The van der Waals surface area contributed by atoms with Crippen molar-refractivity contribution < 1.29 is 9.53 Å². The molecule has 0 unspecified atom stereocenters. The number of H-pyrrole nitrogens is 1. The number of aromatic nitrogens is 1. The van der Waals surface area contributed by atoms with Crippen LogP contribution in [0.5, 0.6) is 0 Å². The quantitative estimate of drug-likeness (QED) is 0.717. The average molecular weight is 252 g/mol. The molecule has 0 bridgehead atoms. The fourth-order valence-corrected chi connectivity index (χ4v) is 1.60. The van der Waals surface area contributed by atoms with Crippen LogP contribution in [0.15, 0.2) is 17.1 Å². The molecule has 1 amide bonds. The van der Waals surface area contributed by atoms with Gasteiger partial charge >= 0.3 is 0 Å². The van der Waals surface area contributed by atoms with Crippen molar-refractivity contribution in [3.05, 3.63) is 33.7 Å². The normalized spacial score (nSPS) is 10.3. The van der Waals surface area contributed by atoms with Crippen molar-refractivity contribution in [2.24, 2.45) is 0 Å². The van der Waals surface area contributed by atoms with Gasteiger partial charge in [0.2, 0.25) is 0 Å². The molecule has 0 aliphatic heterocycles. The molecule has 1 rings (SSSR count). The van der Waals surface area contributed by atoms with E-state index in [9.17, 15) is 9.59 Å². The van der Waals surface area contributed by atoms with Crippen LogP contribution in [0, 0.1) is 6.92 Å². The Bertz CT molecular complexity index is 440. The van der Waals surface area contributed by atoms with Crippen LogP contribution in [0.4, 0.5) is 0 Å². The lowest BCUT2D eigenvalue weighted by atomic mass is 10.2. The maximum absolute atomic E-state index is 11.7. The maximum Gasteiger partial charge on any atom is 0.256 e. The minimum absolute atomic E-state index is 0.164. The molecule has 0 aliphatic rings. The summed E-state index contributed by atoms with van der Waals surface area (Å²) in [6.07, 6.45) is 4.33. The summed E-state index contributed by atoms with van der Waals surface area (Å²) in [6, 6.07) is 1.42. The number of carbonyl (C=O) groups excluding carboxylic acids is 1. The summed E-state index contributed by atoms with van der Waals surface area (Å²) in [5, 5.41) is 2.74. The highest BCUT2D eigenvalue weighted by atomic mass is 16.5. The summed E-state index contributed by atoms with van der Waals surface area (Å²) in [6.45, 7) is 3.10. The molecule has 0 saturated heterocycles. The van der Waals surface area contributed by atoms with E-state index in [-0.39, 0.29) is 16.9 Å². The number of aryl methyl sites for hydroxylation is 1. The van der Waals surface area contributed by atoms with Gasteiger partial charge in [0.15, 0.2) is 5.43 Å². The van der Waals surface area contributed by atoms with Crippen molar-refractivity contribution in [3.63, 3.8) is 0 Å². The molecule has 0 saturated carbocycles. The van der Waals surface area contributed by atoms with Crippen molar-refractivity contribution in [2.75, 3.05) is 20.3 Å². The van der Waals surface area contributed by atoms with Crippen LogP contribution >= 0.6 is 0 Å². The number of hydrogen-bond donors (Lipinski definition) is 2. The number of aromatic amines is 1. The summed E-state index contributed by atoms with van der Waals surface area (Å²) in [5.74, 6) is -0.317. The van der Waals surface area contributed by atoms with Gasteiger partial charge in [-0.15, -0.1) is 0 Å². The number of hydrogen-bond acceptors (Lipinski definition) is 3. The van der Waals surface area contributed by atoms with Crippen LogP contribution in [-0.2, 0) is 4.74 Å². The lowest BCUT2D eigenvalue weighted by Gasteiger charge is -2.05. The van der Waals surface area contributed by atoms with E-state index in [0.717, 1.165) is 31.6 Å². The monoisotopic (exact) mass is 252 g/mol.